The van der Waals surface area contributed by atoms with Crippen LogP contribution in [0.25, 0.3) is 22.0 Å². The Kier molecular flexibility index (Phi) is 6.54. The summed E-state index contributed by atoms with van der Waals surface area (Å²) >= 11 is 0. The third-order valence-electron chi connectivity index (χ3n) is 6.57. The maximum absolute atomic E-state index is 13.1. The number of hydrogen-bond acceptors (Lipinski definition) is 4. The van der Waals surface area contributed by atoms with Gasteiger partial charge in [-0.25, -0.2) is 0 Å². The van der Waals surface area contributed by atoms with Crippen LogP contribution in [0.4, 0.5) is 5.69 Å². The Morgan fingerprint density at radius 2 is 1.76 bits per heavy atom. The zero-order chi connectivity index (χ0) is 23.3. The molecule has 1 aliphatic rings. The number of fused-ring (bicyclic) bond motifs is 1. The number of nitrogens with zero attached hydrogens (tertiary/aromatic N) is 2. The molecule has 3 aromatic carbocycles. The quantitative estimate of drug-likeness (QED) is 0.405. The summed E-state index contributed by atoms with van der Waals surface area (Å²) in [5.41, 5.74) is 4.96. The minimum atomic E-state index is 0.0131. The number of carbonyl (C=O) groups excluding carboxylic acids is 1. The van der Waals surface area contributed by atoms with Crippen LogP contribution >= 0.6 is 0 Å². The number of hydrogen-bond donors (Lipinski definition) is 1. The van der Waals surface area contributed by atoms with Crippen LogP contribution in [0.15, 0.2) is 84.9 Å². The van der Waals surface area contributed by atoms with E-state index in [0.29, 0.717) is 0 Å². The van der Waals surface area contributed by atoms with E-state index < -0.39 is 0 Å². The van der Waals surface area contributed by atoms with E-state index >= 15 is 0 Å². The van der Waals surface area contributed by atoms with Gasteiger partial charge in [0.1, 0.15) is 5.75 Å². The maximum atomic E-state index is 13.1. The van der Waals surface area contributed by atoms with Gasteiger partial charge in [-0.3, -0.25) is 14.7 Å². The molecule has 0 spiro atoms. The summed E-state index contributed by atoms with van der Waals surface area (Å²) in [6.07, 6.45) is 1.70. The van der Waals surface area contributed by atoms with Crippen LogP contribution in [0, 0.1) is 5.92 Å². The number of methoxy groups -OCH3 is 1. The predicted molar refractivity (Wildman–Crippen MR) is 137 cm³/mol. The molecule has 1 amide bonds. The zero-order valence-electron chi connectivity index (χ0n) is 19.4. The molecule has 0 radical (unpaired) electrons. The molecule has 5 rings (SSSR count). The lowest BCUT2D eigenvalue weighted by molar-refractivity contribution is -0.121. The zero-order valence-corrected chi connectivity index (χ0v) is 19.4. The summed E-state index contributed by atoms with van der Waals surface area (Å²) in [6, 6.07) is 28.3. The van der Waals surface area contributed by atoms with Gasteiger partial charge in [-0.05, 0) is 61.8 Å². The molecule has 34 heavy (non-hydrogen) atoms. The Morgan fingerprint density at radius 3 is 2.62 bits per heavy atom. The van der Waals surface area contributed by atoms with Gasteiger partial charge in [0.05, 0.1) is 18.3 Å². The Hall–Kier alpha value is -3.70. The molecule has 5 nitrogen and oxygen atoms in total. The minimum Gasteiger partial charge on any atom is -0.497 e. The third kappa shape index (κ3) is 4.95. The summed E-state index contributed by atoms with van der Waals surface area (Å²) in [5.74, 6) is 0.907. The topological polar surface area (TPSA) is 54.5 Å². The molecule has 0 unspecified atom stereocenters. The van der Waals surface area contributed by atoms with Crippen molar-refractivity contribution in [1.29, 1.82) is 0 Å². The number of nitrogens with one attached hydrogen (secondary N) is 1. The van der Waals surface area contributed by atoms with Gasteiger partial charge < -0.3 is 10.1 Å². The van der Waals surface area contributed by atoms with Crippen molar-refractivity contribution in [3.63, 3.8) is 0 Å². The Labute approximate surface area is 200 Å². The maximum Gasteiger partial charge on any atom is 0.227 e. The number of ether oxygens (including phenoxy) is 1. The average molecular weight is 452 g/mol. The van der Waals surface area contributed by atoms with Crippen LogP contribution in [-0.4, -0.2) is 36.0 Å². The van der Waals surface area contributed by atoms with Crippen molar-refractivity contribution in [2.75, 3.05) is 25.5 Å². The fourth-order valence-corrected chi connectivity index (χ4v) is 4.65. The Balaban J connectivity index is 1.21. The summed E-state index contributed by atoms with van der Waals surface area (Å²) < 4.78 is 5.37. The smallest absolute Gasteiger partial charge is 0.227 e. The molecule has 1 fully saturated rings. The first kappa shape index (κ1) is 22.1. The van der Waals surface area contributed by atoms with Gasteiger partial charge in [-0.1, -0.05) is 54.6 Å². The van der Waals surface area contributed by atoms with Gasteiger partial charge in [0, 0.05) is 29.1 Å². The molecule has 4 aromatic rings. The first-order valence-electron chi connectivity index (χ1n) is 11.8. The highest BCUT2D eigenvalue weighted by Gasteiger charge is 2.25. The monoisotopic (exact) mass is 451 g/mol. The number of para-hydroxylation sites is 2. The highest BCUT2D eigenvalue weighted by Crippen LogP contribution is 2.31. The van der Waals surface area contributed by atoms with E-state index in [9.17, 15) is 4.79 Å². The van der Waals surface area contributed by atoms with E-state index in [2.05, 4.69) is 34.5 Å². The number of amides is 1. The van der Waals surface area contributed by atoms with Crippen LogP contribution in [0.5, 0.6) is 5.75 Å². The summed E-state index contributed by atoms with van der Waals surface area (Å²) in [7, 11) is 1.66. The molecule has 1 N–H and O–H groups in total. The second kappa shape index (κ2) is 10.1. The number of likely N-dealkylation sites (tertiary alicyclic amines) is 1. The molecular weight excluding hydrogens is 422 g/mol. The number of carbonyl (C=O) groups is 1. The van der Waals surface area contributed by atoms with Crippen molar-refractivity contribution in [2.24, 2.45) is 5.92 Å². The fourth-order valence-electron chi connectivity index (χ4n) is 4.65. The highest BCUT2D eigenvalue weighted by molar-refractivity contribution is 5.97. The van der Waals surface area contributed by atoms with Crippen molar-refractivity contribution < 1.29 is 9.53 Å². The van der Waals surface area contributed by atoms with Gasteiger partial charge in [0.25, 0.3) is 0 Å². The summed E-state index contributed by atoms with van der Waals surface area (Å²) in [6.45, 7) is 2.60. The van der Waals surface area contributed by atoms with E-state index in [4.69, 9.17) is 9.72 Å². The molecule has 0 saturated carbocycles. The van der Waals surface area contributed by atoms with Gasteiger partial charge in [0.2, 0.25) is 5.91 Å². The van der Waals surface area contributed by atoms with Gasteiger partial charge in [-0.2, -0.15) is 0 Å². The Morgan fingerprint density at radius 1 is 0.971 bits per heavy atom. The van der Waals surface area contributed by atoms with Crippen molar-refractivity contribution >= 4 is 22.5 Å². The van der Waals surface area contributed by atoms with E-state index in [1.807, 2.05) is 60.7 Å². The second-order valence-electron chi connectivity index (χ2n) is 8.81. The summed E-state index contributed by atoms with van der Waals surface area (Å²) in [5, 5.41) is 4.35. The first-order valence-corrected chi connectivity index (χ1v) is 11.8. The molecule has 1 saturated heterocycles. The number of benzene rings is 3. The standard InChI is InChI=1S/C29H29N3O2/c1-34-25-9-6-8-23(19-25)26-10-3-5-12-28(26)31-29(33)22-15-17-32(18-16-22)20-24-14-13-21-7-2-4-11-27(21)30-24/h2-14,19,22H,15-18,20H2,1H3,(H,31,33). The second-order valence-corrected chi connectivity index (χ2v) is 8.81. The van der Waals surface area contributed by atoms with Crippen molar-refractivity contribution in [3.8, 4) is 16.9 Å². The molecule has 2 heterocycles. The van der Waals surface area contributed by atoms with Crippen LogP contribution < -0.4 is 10.1 Å². The van der Waals surface area contributed by atoms with Crippen molar-refractivity contribution in [1.82, 2.24) is 9.88 Å². The molecule has 1 aliphatic heterocycles. The van der Waals surface area contributed by atoms with Gasteiger partial charge >= 0.3 is 0 Å². The SMILES string of the molecule is COc1cccc(-c2ccccc2NC(=O)C2CCN(Cc3ccc4ccccc4n3)CC2)c1. The van der Waals surface area contributed by atoms with Crippen LogP contribution in [0.2, 0.25) is 0 Å². The molecule has 5 heteroatoms. The highest BCUT2D eigenvalue weighted by atomic mass is 16.5. The molecular formula is C29H29N3O2. The van der Waals surface area contributed by atoms with E-state index in [0.717, 1.165) is 71.6 Å². The lowest BCUT2D eigenvalue weighted by Gasteiger charge is -2.31. The van der Waals surface area contributed by atoms with E-state index in [-0.39, 0.29) is 11.8 Å². The fraction of sp³-hybridized carbons (Fsp3) is 0.241. The number of piperidine rings is 1. The number of anilines is 1. The summed E-state index contributed by atoms with van der Waals surface area (Å²) in [4.78, 5) is 20.3. The average Bonchev–Trinajstić information content (AvgIpc) is 2.89. The van der Waals surface area contributed by atoms with Crippen LogP contribution in [0.3, 0.4) is 0 Å². The number of pyridine rings is 1. The molecule has 172 valence electrons. The van der Waals surface area contributed by atoms with Crippen molar-refractivity contribution in [2.45, 2.75) is 19.4 Å². The molecule has 0 atom stereocenters. The minimum absolute atomic E-state index is 0.0131. The van der Waals surface area contributed by atoms with Gasteiger partial charge in [-0.15, -0.1) is 0 Å². The van der Waals surface area contributed by atoms with Crippen LogP contribution in [-0.2, 0) is 11.3 Å². The molecule has 1 aromatic heterocycles. The molecule has 0 aliphatic carbocycles. The largest absolute Gasteiger partial charge is 0.497 e. The Bertz CT molecular complexity index is 1300. The number of aromatic nitrogens is 1. The number of rotatable bonds is 6. The first-order chi connectivity index (χ1) is 16.7. The predicted octanol–water partition coefficient (Wildman–Crippen LogP) is 5.76. The van der Waals surface area contributed by atoms with Crippen LogP contribution in [0.1, 0.15) is 18.5 Å². The van der Waals surface area contributed by atoms with E-state index in [1.165, 1.54) is 0 Å². The van der Waals surface area contributed by atoms with Gasteiger partial charge in [0.15, 0.2) is 0 Å². The van der Waals surface area contributed by atoms with E-state index in [1.54, 1.807) is 7.11 Å². The third-order valence-corrected chi connectivity index (χ3v) is 6.57. The lowest BCUT2D eigenvalue weighted by atomic mass is 9.95. The normalized spacial score (nSPS) is 14.7. The van der Waals surface area contributed by atoms with Crippen molar-refractivity contribution in [3.05, 3.63) is 90.6 Å². The molecule has 0 bridgehead atoms. The lowest BCUT2D eigenvalue weighted by Crippen LogP contribution is -2.38.